The molecule has 0 atom stereocenters. The van der Waals surface area contributed by atoms with E-state index in [1.54, 1.807) is 24.3 Å². The summed E-state index contributed by atoms with van der Waals surface area (Å²) in [7, 11) is 0. The summed E-state index contributed by atoms with van der Waals surface area (Å²) in [6, 6.07) is 16.3. The van der Waals surface area contributed by atoms with Crippen LogP contribution in [-0.2, 0) is 4.79 Å². The molecule has 0 radical (unpaired) electrons. The van der Waals surface area contributed by atoms with Crippen molar-refractivity contribution in [1.82, 2.24) is 5.43 Å². The van der Waals surface area contributed by atoms with E-state index in [0.717, 1.165) is 11.3 Å². The molecule has 2 amide bonds. The summed E-state index contributed by atoms with van der Waals surface area (Å²) in [6.45, 7) is 5.48. The van der Waals surface area contributed by atoms with E-state index in [0.29, 0.717) is 11.3 Å². The van der Waals surface area contributed by atoms with Crippen molar-refractivity contribution < 1.29 is 9.59 Å². The third-order valence-corrected chi connectivity index (χ3v) is 3.46. The van der Waals surface area contributed by atoms with Crippen molar-refractivity contribution in [2.24, 2.45) is 11.0 Å². The van der Waals surface area contributed by atoms with Crippen molar-refractivity contribution in [1.29, 1.82) is 0 Å². The minimum Gasteiger partial charge on any atom is -0.326 e. The van der Waals surface area contributed by atoms with Gasteiger partial charge in [-0.15, -0.1) is 0 Å². The van der Waals surface area contributed by atoms with E-state index < -0.39 is 0 Å². The Morgan fingerprint density at radius 2 is 1.54 bits per heavy atom. The molecule has 0 saturated carbocycles. The maximum absolute atomic E-state index is 12.1. The van der Waals surface area contributed by atoms with Crippen LogP contribution in [0.25, 0.3) is 0 Å². The average Bonchev–Trinajstić information content (AvgIpc) is 2.60. The number of hydrazone groups is 1. The van der Waals surface area contributed by atoms with Gasteiger partial charge in [-0.3, -0.25) is 9.59 Å². The second-order valence-corrected chi connectivity index (χ2v) is 5.73. The van der Waals surface area contributed by atoms with Gasteiger partial charge in [0.25, 0.3) is 5.91 Å². The Bertz CT molecular complexity index is 735. The maximum atomic E-state index is 12.1. The number of carbonyl (C=O) groups is 2. The minimum absolute atomic E-state index is 0.0599. The summed E-state index contributed by atoms with van der Waals surface area (Å²) in [5.41, 5.74) is 5.35. The van der Waals surface area contributed by atoms with Gasteiger partial charge in [-0.2, -0.15) is 5.10 Å². The zero-order valence-corrected chi connectivity index (χ0v) is 14.0. The van der Waals surface area contributed by atoms with Gasteiger partial charge < -0.3 is 5.32 Å². The molecule has 124 valence electrons. The van der Waals surface area contributed by atoms with Gasteiger partial charge >= 0.3 is 0 Å². The van der Waals surface area contributed by atoms with Gasteiger partial charge in [0.05, 0.1) is 5.71 Å². The smallest absolute Gasteiger partial charge is 0.271 e. The van der Waals surface area contributed by atoms with Crippen LogP contribution in [0.4, 0.5) is 5.69 Å². The van der Waals surface area contributed by atoms with Crippen LogP contribution in [0.1, 0.15) is 36.7 Å². The van der Waals surface area contributed by atoms with Gasteiger partial charge in [-0.1, -0.05) is 44.2 Å². The number of rotatable bonds is 5. The summed E-state index contributed by atoms with van der Waals surface area (Å²) in [4.78, 5) is 23.8. The molecule has 5 nitrogen and oxygen atoms in total. The van der Waals surface area contributed by atoms with E-state index in [9.17, 15) is 9.59 Å². The van der Waals surface area contributed by atoms with Crippen LogP contribution in [0.3, 0.4) is 0 Å². The molecule has 2 N–H and O–H groups in total. The second kappa shape index (κ2) is 8.06. The van der Waals surface area contributed by atoms with Crippen LogP contribution in [0.15, 0.2) is 59.7 Å². The second-order valence-electron chi connectivity index (χ2n) is 5.73. The molecule has 0 aromatic heterocycles. The molecule has 0 unspecified atom stereocenters. The van der Waals surface area contributed by atoms with Crippen LogP contribution >= 0.6 is 0 Å². The highest BCUT2D eigenvalue weighted by Crippen LogP contribution is 2.11. The first-order valence-electron chi connectivity index (χ1n) is 7.78. The minimum atomic E-state index is -0.299. The molecule has 0 aliphatic heterocycles. The normalized spacial score (nSPS) is 11.2. The lowest BCUT2D eigenvalue weighted by atomic mass is 10.1. The number of amides is 2. The molecule has 2 aromatic carbocycles. The molecule has 0 aliphatic rings. The number of nitrogens with zero attached hydrogens (tertiary/aromatic N) is 1. The molecule has 5 heteroatoms. The molecule has 0 bridgehead atoms. The summed E-state index contributed by atoms with van der Waals surface area (Å²) in [6.07, 6.45) is 0. The van der Waals surface area contributed by atoms with Gasteiger partial charge in [0, 0.05) is 17.2 Å². The van der Waals surface area contributed by atoms with E-state index in [1.165, 1.54) is 0 Å². The predicted molar refractivity (Wildman–Crippen MR) is 96.0 cm³/mol. The Labute approximate surface area is 141 Å². The molecule has 0 saturated heterocycles. The van der Waals surface area contributed by atoms with Gasteiger partial charge in [0.2, 0.25) is 5.91 Å². The van der Waals surface area contributed by atoms with Crippen molar-refractivity contribution in [3.05, 3.63) is 65.7 Å². The number of carbonyl (C=O) groups excluding carboxylic acids is 2. The topological polar surface area (TPSA) is 70.6 Å². The van der Waals surface area contributed by atoms with Gasteiger partial charge in [-0.25, -0.2) is 5.43 Å². The molecule has 0 aliphatic carbocycles. The lowest BCUT2D eigenvalue weighted by Gasteiger charge is -2.08. The molecule has 0 spiro atoms. The van der Waals surface area contributed by atoms with Crippen molar-refractivity contribution in [2.45, 2.75) is 20.8 Å². The zero-order chi connectivity index (χ0) is 17.5. The molecular formula is C19H21N3O2. The van der Waals surface area contributed by atoms with Crippen LogP contribution < -0.4 is 10.7 Å². The van der Waals surface area contributed by atoms with Crippen molar-refractivity contribution in [3.63, 3.8) is 0 Å². The van der Waals surface area contributed by atoms with E-state index in [2.05, 4.69) is 15.8 Å². The standard InChI is InChI=1S/C19H21N3O2/c1-13(2)18(23)20-17-11-9-16(10-12-17)19(24)22-21-14(3)15-7-5-4-6-8-15/h4-13H,1-3H3,(H,20,23)(H,22,24). The Morgan fingerprint density at radius 1 is 0.917 bits per heavy atom. The molecule has 0 heterocycles. The van der Waals surface area contributed by atoms with Crippen molar-refractivity contribution in [3.8, 4) is 0 Å². The van der Waals surface area contributed by atoms with E-state index >= 15 is 0 Å². The van der Waals surface area contributed by atoms with Gasteiger partial charge in [0.15, 0.2) is 0 Å². The predicted octanol–water partition coefficient (Wildman–Crippen LogP) is 3.44. The monoisotopic (exact) mass is 323 g/mol. The number of hydrogen-bond donors (Lipinski definition) is 2. The number of benzene rings is 2. The highest BCUT2D eigenvalue weighted by Gasteiger charge is 2.08. The summed E-state index contributed by atoms with van der Waals surface area (Å²) < 4.78 is 0. The fraction of sp³-hybridized carbons (Fsp3) is 0.211. The van der Waals surface area contributed by atoms with Gasteiger partial charge in [-0.05, 0) is 36.8 Å². The summed E-state index contributed by atoms with van der Waals surface area (Å²) >= 11 is 0. The Balaban J connectivity index is 1.99. The van der Waals surface area contributed by atoms with Gasteiger partial charge in [0.1, 0.15) is 0 Å². The highest BCUT2D eigenvalue weighted by atomic mass is 16.2. The maximum Gasteiger partial charge on any atom is 0.271 e. The van der Waals surface area contributed by atoms with E-state index in [4.69, 9.17) is 0 Å². The summed E-state index contributed by atoms with van der Waals surface area (Å²) in [5, 5.41) is 6.89. The first-order chi connectivity index (χ1) is 11.5. The third-order valence-electron chi connectivity index (χ3n) is 3.46. The van der Waals surface area contributed by atoms with E-state index in [-0.39, 0.29) is 17.7 Å². The fourth-order valence-electron chi connectivity index (χ4n) is 1.93. The molecular weight excluding hydrogens is 302 g/mol. The fourth-order valence-corrected chi connectivity index (χ4v) is 1.93. The van der Waals surface area contributed by atoms with Crippen LogP contribution in [0.5, 0.6) is 0 Å². The van der Waals surface area contributed by atoms with Crippen LogP contribution in [0.2, 0.25) is 0 Å². The molecule has 0 fully saturated rings. The zero-order valence-electron chi connectivity index (χ0n) is 14.0. The summed E-state index contributed by atoms with van der Waals surface area (Å²) in [5.74, 6) is -0.453. The Morgan fingerprint density at radius 3 is 2.12 bits per heavy atom. The quantitative estimate of drug-likeness (QED) is 0.653. The van der Waals surface area contributed by atoms with E-state index in [1.807, 2.05) is 51.1 Å². The lowest BCUT2D eigenvalue weighted by molar-refractivity contribution is -0.118. The third kappa shape index (κ3) is 4.78. The van der Waals surface area contributed by atoms with Crippen LogP contribution in [-0.4, -0.2) is 17.5 Å². The Kier molecular flexibility index (Phi) is 5.84. The number of nitrogens with one attached hydrogen (secondary N) is 2. The molecule has 2 aromatic rings. The SMILES string of the molecule is CC(=NNC(=O)c1ccc(NC(=O)C(C)C)cc1)c1ccccc1. The largest absolute Gasteiger partial charge is 0.326 e. The number of anilines is 1. The van der Waals surface area contributed by atoms with Crippen LogP contribution in [0, 0.1) is 5.92 Å². The number of hydrogen-bond acceptors (Lipinski definition) is 3. The lowest BCUT2D eigenvalue weighted by Crippen LogP contribution is -2.20. The highest BCUT2D eigenvalue weighted by molar-refractivity contribution is 6.01. The first-order valence-corrected chi connectivity index (χ1v) is 7.78. The first kappa shape index (κ1) is 17.4. The van der Waals surface area contributed by atoms with Crippen molar-refractivity contribution >= 4 is 23.2 Å². The molecule has 24 heavy (non-hydrogen) atoms. The van der Waals surface area contributed by atoms with Crippen molar-refractivity contribution in [2.75, 3.05) is 5.32 Å². The average molecular weight is 323 g/mol. The Hall–Kier alpha value is -2.95. The molecule has 2 rings (SSSR count).